The molecule has 0 spiro atoms. The molecular formula is C36H48N8O3. The first-order chi connectivity index (χ1) is 22.2. The molecule has 0 radical (unpaired) electrons. The van der Waals surface area contributed by atoms with Crippen molar-refractivity contribution in [1.29, 1.82) is 0 Å². The van der Waals surface area contributed by atoms with E-state index in [1.54, 1.807) is 6.07 Å². The summed E-state index contributed by atoms with van der Waals surface area (Å²) in [5, 5.41) is 17.8. The van der Waals surface area contributed by atoms with E-state index in [9.17, 15) is 9.59 Å². The summed E-state index contributed by atoms with van der Waals surface area (Å²) in [5.41, 5.74) is 3.84. The number of rotatable bonds is 9. The lowest BCUT2D eigenvalue weighted by Crippen LogP contribution is -2.36. The second kappa shape index (κ2) is 13.7. The number of carbonyl (C=O) groups is 2. The predicted octanol–water partition coefficient (Wildman–Crippen LogP) is 6.18. The summed E-state index contributed by atoms with van der Waals surface area (Å²) < 4.78 is 8.54. The van der Waals surface area contributed by atoms with Crippen molar-refractivity contribution in [3.63, 3.8) is 0 Å². The third-order valence-corrected chi connectivity index (χ3v) is 8.47. The molecule has 1 aromatic carbocycles. The number of carbonyl (C=O) groups excluding carboxylic acids is 2. The van der Waals surface area contributed by atoms with Crippen LogP contribution in [0.2, 0.25) is 0 Å². The van der Waals surface area contributed by atoms with Crippen molar-refractivity contribution in [3.05, 3.63) is 83.1 Å². The van der Waals surface area contributed by atoms with Crippen LogP contribution in [0.4, 0.5) is 10.5 Å². The molecule has 0 saturated heterocycles. The van der Waals surface area contributed by atoms with Gasteiger partial charge in [0.2, 0.25) is 0 Å². The molecule has 5 rings (SSSR count). The van der Waals surface area contributed by atoms with Crippen molar-refractivity contribution in [3.8, 4) is 5.75 Å². The minimum Gasteiger partial charge on any atom is -0.484 e. The number of likely N-dealkylation sites (N-methyl/N-ethyl adjacent to an activating group) is 1. The fraction of sp³-hybridized carbons (Fsp3) is 0.472. The van der Waals surface area contributed by atoms with Crippen LogP contribution in [0, 0.1) is 0 Å². The highest BCUT2D eigenvalue weighted by Crippen LogP contribution is 2.39. The van der Waals surface area contributed by atoms with E-state index in [0.717, 1.165) is 47.9 Å². The molecule has 250 valence electrons. The van der Waals surface area contributed by atoms with Crippen molar-refractivity contribution in [2.45, 2.75) is 84.3 Å². The van der Waals surface area contributed by atoms with E-state index in [1.165, 1.54) is 0 Å². The highest BCUT2D eigenvalue weighted by atomic mass is 16.5. The Morgan fingerprint density at radius 2 is 1.72 bits per heavy atom. The van der Waals surface area contributed by atoms with Gasteiger partial charge in [0.15, 0.2) is 5.65 Å². The monoisotopic (exact) mass is 640 g/mol. The number of hydrogen-bond acceptors (Lipinski definition) is 7. The maximum absolute atomic E-state index is 13.4. The van der Waals surface area contributed by atoms with Crippen molar-refractivity contribution < 1.29 is 14.3 Å². The average molecular weight is 641 g/mol. The molecule has 47 heavy (non-hydrogen) atoms. The topological polar surface area (TPSA) is 126 Å². The van der Waals surface area contributed by atoms with E-state index in [2.05, 4.69) is 69.8 Å². The van der Waals surface area contributed by atoms with Gasteiger partial charge in [-0.25, -0.2) is 9.78 Å². The standard InChI is InChI=1S/C36H48N8O3/c1-9-43(8)19-18-37-32(45)28-20-23(21-30(39-28)35(2,3)4)38-34(46)40-27-15-16-29(26-13-11-10-12-25(26)27)47-24-14-17-31-41-42-33(36(5,6)7)44(31)22-24/h10-14,17,20-22,27,29H,9,15-16,18-19H2,1-8H3,(H,37,45)(H2,38,39,40,46)/t27-,29+/m0/s1. The molecule has 1 aliphatic carbocycles. The quantitative estimate of drug-likeness (QED) is 0.200. The second-order valence-electron chi connectivity index (χ2n) is 14.4. The van der Waals surface area contributed by atoms with E-state index in [1.807, 2.05) is 74.8 Å². The van der Waals surface area contributed by atoms with Crippen LogP contribution in [0.3, 0.4) is 0 Å². The van der Waals surface area contributed by atoms with Crippen LogP contribution in [0.1, 0.15) is 107 Å². The van der Waals surface area contributed by atoms with Gasteiger partial charge in [-0.3, -0.25) is 9.20 Å². The Balaban J connectivity index is 1.30. The zero-order valence-electron chi connectivity index (χ0n) is 28.8. The lowest BCUT2D eigenvalue weighted by molar-refractivity contribution is 0.0944. The highest BCUT2D eigenvalue weighted by molar-refractivity contribution is 5.95. The van der Waals surface area contributed by atoms with Crippen LogP contribution in [-0.4, -0.2) is 63.1 Å². The molecule has 0 fully saturated rings. The normalized spacial score (nSPS) is 16.5. The van der Waals surface area contributed by atoms with Gasteiger partial charge in [-0.15, -0.1) is 10.2 Å². The number of urea groups is 1. The van der Waals surface area contributed by atoms with E-state index in [0.29, 0.717) is 24.3 Å². The Hall–Kier alpha value is -4.51. The van der Waals surface area contributed by atoms with Crippen LogP contribution in [0.25, 0.3) is 5.65 Å². The summed E-state index contributed by atoms with van der Waals surface area (Å²) in [5.74, 6) is 1.33. The van der Waals surface area contributed by atoms with Crippen molar-refractivity contribution in [1.82, 2.24) is 35.1 Å². The molecule has 0 aliphatic heterocycles. The number of nitrogens with zero attached hydrogens (tertiary/aromatic N) is 5. The Morgan fingerprint density at radius 3 is 2.43 bits per heavy atom. The van der Waals surface area contributed by atoms with Gasteiger partial charge in [-0.05, 0) is 61.8 Å². The number of ether oxygens (including phenoxy) is 1. The zero-order chi connectivity index (χ0) is 33.9. The maximum Gasteiger partial charge on any atom is 0.319 e. The SMILES string of the molecule is CCN(C)CCNC(=O)c1cc(NC(=O)N[C@H]2CC[C@@H](Oc3ccc4nnc(C(C)(C)C)n4c3)c3ccccc32)cc(C(C)(C)C)n1. The third-order valence-electron chi connectivity index (χ3n) is 8.47. The number of benzene rings is 1. The first-order valence-corrected chi connectivity index (χ1v) is 16.4. The van der Waals surface area contributed by atoms with Gasteiger partial charge < -0.3 is 25.6 Å². The molecule has 3 N–H and O–H groups in total. The fourth-order valence-corrected chi connectivity index (χ4v) is 5.68. The maximum atomic E-state index is 13.4. The smallest absolute Gasteiger partial charge is 0.319 e. The average Bonchev–Trinajstić information content (AvgIpc) is 3.45. The first-order valence-electron chi connectivity index (χ1n) is 16.4. The van der Waals surface area contributed by atoms with Gasteiger partial charge in [-0.1, -0.05) is 72.7 Å². The Bertz CT molecular complexity index is 1740. The van der Waals surface area contributed by atoms with E-state index in [4.69, 9.17) is 4.74 Å². The van der Waals surface area contributed by atoms with Crippen molar-refractivity contribution in [2.24, 2.45) is 0 Å². The van der Waals surface area contributed by atoms with Crippen LogP contribution in [-0.2, 0) is 10.8 Å². The van der Waals surface area contributed by atoms with Gasteiger partial charge in [0.1, 0.15) is 23.4 Å². The number of hydrogen-bond donors (Lipinski definition) is 3. The van der Waals surface area contributed by atoms with Crippen LogP contribution in [0.15, 0.2) is 54.7 Å². The Kier molecular flexibility index (Phi) is 9.86. The summed E-state index contributed by atoms with van der Waals surface area (Å²) in [6.45, 7) is 16.6. The van der Waals surface area contributed by atoms with Gasteiger partial charge >= 0.3 is 6.03 Å². The fourth-order valence-electron chi connectivity index (χ4n) is 5.68. The molecule has 0 saturated carbocycles. The minimum absolute atomic E-state index is 0.168. The van der Waals surface area contributed by atoms with Crippen LogP contribution >= 0.6 is 0 Å². The summed E-state index contributed by atoms with van der Waals surface area (Å²) >= 11 is 0. The summed E-state index contributed by atoms with van der Waals surface area (Å²) in [7, 11) is 2.01. The summed E-state index contributed by atoms with van der Waals surface area (Å²) in [6, 6.07) is 14.8. The van der Waals surface area contributed by atoms with Crippen LogP contribution < -0.4 is 20.7 Å². The second-order valence-corrected chi connectivity index (χ2v) is 14.4. The molecule has 0 bridgehead atoms. The number of nitrogens with one attached hydrogen (secondary N) is 3. The Morgan fingerprint density at radius 1 is 0.979 bits per heavy atom. The van der Waals surface area contributed by atoms with E-state index >= 15 is 0 Å². The molecule has 4 aromatic rings. The lowest BCUT2D eigenvalue weighted by atomic mass is 9.85. The molecule has 1 aliphatic rings. The van der Waals surface area contributed by atoms with Gasteiger partial charge in [0.25, 0.3) is 5.91 Å². The number of amides is 3. The number of fused-ring (bicyclic) bond motifs is 2. The molecular weight excluding hydrogens is 592 g/mol. The minimum atomic E-state index is -0.348. The van der Waals surface area contributed by atoms with Crippen molar-refractivity contribution in [2.75, 3.05) is 32.0 Å². The lowest BCUT2D eigenvalue weighted by Gasteiger charge is -2.32. The highest BCUT2D eigenvalue weighted by Gasteiger charge is 2.30. The molecule has 3 amide bonds. The molecule has 2 atom stereocenters. The molecule has 0 unspecified atom stereocenters. The van der Waals surface area contributed by atoms with Crippen LogP contribution in [0.5, 0.6) is 5.75 Å². The summed E-state index contributed by atoms with van der Waals surface area (Å²) in [6.07, 6.45) is 3.19. The van der Waals surface area contributed by atoms with E-state index < -0.39 is 0 Å². The molecule has 3 aromatic heterocycles. The first kappa shape index (κ1) is 33.8. The van der Waals surface area contributed by atoms with E-state index in [-0.39, 0.29) is 40.6 Å². The predicted molar refractivity (Wildman–Crippen MR) is 184 cm³/mol. The van der Waals surface area contributed by atoms with Gasteiger partial charge in [0.05, 0.1) is 12.2 Å². The number of anilines is 1. The molecule has 11 nitrogen and oxygen atoms in total. The third kappa shape index (κ3) is 8.08. The Labute approximate surface area is 277 Å². The molecule has 11 heteroatoms. The van der Waals surface area contributed by atoms with Crippen molar-refractivity contribution >= 4 is 23.3 Å². The van der Waals surface area contributed by atoms with Gasteiger partial charge in [-0.2, -0.15) is 0 Å². The summed E-state index contributed by atoms with van der Waals surface area (Å²) in [4.78, 5) is 33.2. The zero-order valence-corrected chi connectivity index (χ0v) is 28.8. The number of pyridine rings is 2. The number of aromatic nitrogens is 4. The largest absolute Gasteiger partial charge is 0.484 e. The van der Waals surface area contributed by atoms with Gasteiger partial charge in [0, 0.05) is 35.3 Å². The molecule has 3 heterocycles.